The molecule has 0 fully saturated rings. The summed E-state index contributed by atoms with van der Waals surface area (Å²) in [5.74, 6) is 0.439. The quantitative estimate of drug-likeness (QED) is 0.634. The second kappa shape index (κ2) is 3.21. The third-order valence-corrected chi connectivity index (χ3v) is 2.30. The minimum absolute atomic E-state index is 0.439. The molecule has 0 aromatic heterocycles. The predicted molar refractivity (Wildman–Crippen MR) is 57.3 cm³/mol. The summed E-state index contributed by atoms with van der Waals surface area (Å²) in [6, 6.07) is 8.49. The lowest BCUT2D eigenvalue weighted by molar-refractivity contribution is 1.02. The Morgan fingerprint density at radius 3 is 2.92 bits per heavy atom. The Morgan fingerprint density at radius 2 is 2.15 bits per heavy atom. The Bertz CT molecular complexity index is 358. The van der Waals surface area contributed by atoms with Crippen LogP contribution in [0.5, 0.6) is 0 Å². The highest BCUT2D eigenvalue weighted by atomic mass is 14.2. The van der Waals surface area contributed by atoms with Crippen LogP contribution < -0.4 is 0 Å². The number of hydrogen-bond acceptors (Lipinski definition) is 0. The second-order valence-corrected chi connectivity index (χ2v) is 3.53. The minimum Gasteiger partial charge on any atom is -0.0998 e. The van der Waals surface area contributed by atoms with E-state index in [1.54, 1.807) is 0 Å². The summed E-state index contributed by atoms with van der Waals surface area (Å²) in [5.41, 5.74) is 3.86. The monoisotopic (exact) mass is 169 g/mol. The molecule has 1 unspecified atom stereocenters. The smallest absolute Gasteiger partial charge is 0.00986 e. The molecule has 13 heavy (non-hydrogen) atoms. The van der Waals surface area contributed by atoms with Crippen molar-refractivity contribution in [3.8, 4) is 0 Å². The van der Waals surface area contributed by atoms with Gasteiger partial charge >= 0.3 is 0 Å². The lowest BCUT2D eigenvalue weighted by Gasteiger charge is -2.09. The van der Waals surface area contributed by atoms with Gasteiger partial charge in [-0.25, -0.2) is 0 Å². The van der Waals surface area contributed by atoms with Crippen molar-refractivity contribution in [3.05, 3.63) is 60.0 Å². The van der Waals surface area contributed by atoms with Crippen LogP contribution in [0.15, 0.2) is 42.5 Å². The van der Waals surface area contributed by atoms with Crippen LogP contribution in [0.25, 0.3) is 6.08 Å². The maximum atomic E-state index is 3.90. The fourth-order valence-electron chi connectivity index (χ4n) is 1.73. The molecule has 0 bridgehead atoms. The van der Waals surface area contributed by atoms with E-state index in [1.807, 2.05) is 6.92 Å². The fourth-order valence-corrected chi connectivity index (χ4v) is 1.73. The van der Waals surface area contributed by atoms with Gasteiger partial charge in [0.15, 0.2) is 0 Å². The van der Waals surface area contributed by atoms with E-state index in [9.17, 15) is 0 Å². The zero-order chi connectivity index (χ0) is 9.26. The van der Waals surface area contributed by atoms with E-state index in [0.29, 0.717) is 5.92 Å². The molecule has 0 saturated carbocycles. The Balaban J connectivity index is 2.28. The number of benzene rings is 1. The number of allylic oxidation sites excluding steroid dienone is 2. The SMILES string of the molecule is C=C(C)[CH]C1C=Cc2ccccc21. The number of rotatable bonds is 2. The standard InChI is InChI=1S/C13H13/c1-10(2)9-12-8-7-11-5-3-4-6-13(11)12/h3-9,12H,1H2,2H3. The maximum absolute atomic E-state index is 3.90. The molecule has 1 radical (unpaired) electrons. The van der Waals surface area contributed by atoms with Crippen molar-refractivity contribution in [2.75, 3.05) is 0 Å². The largest absolute Gasteiger partial charge is 0.0998 e. The van der Waals surface area contributed by atoms with Crippen LogP contribution in [0.3, 0.4) is 0 Å². The molecule has 0 N–H and O–H groups in total. The van der Waals surface area contributed by atoms with Gasteiger partial charge < -0.3 is 0 Å². The zero-order valence-corrected chi connectivity index (χ0v) is 7.83. The highest BCUT2D eigenvalue weighted by Gasteiger charge is 2.15. The van der Waals surface area contributed by atoms with Gasteiger partial charge in [0.2, 0.25) is 0 Å². The average molecular weight is 169 g/mol. The van der Waals surface area contributed by atoms with Crippen molar-refractivity contribution in [1.29, 1.82) is 0 Å². The van der Waals surface area contributed by atoms with Gasteiger partial charge in [0.1, 0.15) is 0 Å². The topological polar surface area (TPSA) is 0 Å². The zero-order valence-electron chi connectivity index (χ0n) is 7.83. The summed E-state index contributed by atoms with van der Waals surface area (Å²) in [6.07, 6.45) is 6.60. The van der Waals surface area contributed by atoms with Crippen molar-refractivity contribution >= 4 is 6.08 Å². The van der Waals surface area contributed by atoms with Crippen LogP contribution in [-0.2, 0) is 0 Å². The molecule has 0 heteroatoms. The molecular weight excluding hydrogens is 156 g/mol. The average Bonchev–Trinajstić information content (AvgIpc) is 2.48. The molecule has 2 rings (SSSR count). The first-order valence-corrected chi connectivity index (χ1v) is 4.55. The Labute approximate surface area is 79.6 Å². The highest BCUT2D eigenvalue weighted by molar-refractivity contribution is 5.63. The molecule has 1 aromatic rings. The summed E-state index contributed by atoms with van der Waals surface area (Å²) in [6.45, 7) is 5.94. The van der Waals surface area contributed by atoms with E-state index in [-0.39, 0.29) is 0 Å². The third kappa shape index (κ3) is 1.57. The number of fused-ring (bicyclic) bond motifs is 1. The van der Waals surface area contributed by atoms with Crippen molar-refractivity contribution in [1.82, 2.24) is 0 Å². The Morgan fingerprint density at radius 1 is 1.38 bits per heavy atom. The summed E-state index contributed by atoms with van der Waals surface area (Å²) >= 11 is 0. The lowest BCUT2D eigenvalue weighted by atomic mass is 9.95. The van der Waals surface area contributed by atoms with Gasteiger partial charge in [0, 0.05) is 5.92 Å². The molecule has 1 atom stereocenters. The third-order valence-electron chi connectivity index (χ3n) is 2.30. The summed E-state index contributed by atoms with van der Waals surface area (Å²) in [5, 5.41) is 0. The van der Waals surface area contributed by atoms with Crippen LogP contribution in [0.1, 0.15) is 24.0 Å². The van der Waals surface area contributed by atoms with E-state index >= 15 is 0 Å². The van der Waals surface area contributed by atoms with Crippen LogP contribution in [0, 0.1) is 6.42 Å². The van der Waals surface area contributed by atoms with Crippen molar-refractivity contribution < 1.29 is 0 Å². The fraction of sp³-hybridized carbons (Fsp3) is 0.154. The summed E-state index contributed by atoms with van der Waals surface area (Å²) in [7, 11) is 0. The lowest BCUT2D eigenvalue weighted by Crippen LogP contribution is -1.94. The van der Waals surface area contributed by atoms with E-state index < -0.39 is 0 Å². The first kappa shape index (κ1) is 8.31. The molecule has 1 aliphatic rings. The Kier molecular flexibility index (Phi) is 2.05. The van der Waals surface area contributed by atoms with E-state index in [4.69, 9.17) is 0 Å². The van der Waals surface area contributed by atoms with Gasteiger partial charge in [0.25, 0.3) is 0 Å². The molecule has 0 heterocycles. The highest BCUT2D eigenvalue weighted by Crippen LogP contribution is 2.32. The molecule has 65 valence electrons. The van der Waals surface area contributed by atoms with Gasteiger partial charge in [-0.2, -0.15) is 0 Å². The predicted octanol–water partition coefficient (Wildman–Crippen LogP) is 3.58. The van der Waals surface area contributed by atoms with E-state index in [2.05, 4.69) is 49.4 Å². The van der Waals surface area contributed by atoms with Gasteiger partial charge in [-0.3, -0.25) is 0 Å². The molecule has 0 amide bonds. The van der Waals surface area contributed by atoms with Crippen LogP contribution >= 0.6 is 0 Å². The van der Waals surface area contributed by atoms with Crippen LogP contribution in [0.2, 0.25) is 0 Å². The number of hydrogen-bond donors (Lipinski definition) is 0. The van der Waals surface area contributed by atoms with Crippen LogP contribution in [0.4, 0.5) is 0 Å². The van der Waals surface area contributed by atoms with Crippen LogP contribution in [-0.4, -0.2) is 0 Å². The molecule has 0 saturated heterocycles. The van der Waals surface area contributed by atoms with Gasteiger partial charge in [-0.1, -0.05) is 48.6 Å². The summed E-state index contributed by atoms with van der Waals surface area (Å²) < 4.78 is 0. The minimum atomic E-state index is 0.439. The Hall–Kier alpha value is -1.30. The van der Waals surface area contributed by atoms with Gasteiger partial charge in [0.05, 0.1) is 0 Å². The first-order valence-electron chi connectivity index (χ1n) is 4.55. The first-order chi connectivity index (χ1) is 6.27. The normalized spacial score (nSPS) is 18.7. The van der Waals surface area contributed by atoms with Gasteiger partial charge in [-0.05, 0) is 24.5 Å². The molecule has 0 aliphatic heterocycles. The van der Waals surface area contributed by atoms with E-state index in [0.717, 1.165) is 5.57 Å². The molecule has 1 aliphatic carbocycles. The van der Waals surface area contributed by atoms with Crippen molar-refractivity contribution in [3.63, 3.8) is 0 Å². The van der Waals surface area contributed by atoms with E-state index in [1.165, 1.54) is 11.1 Å². The molecule has 1 aromatic carbocycles. The molecule has 0 nitrogen and oxygen atoms in total. The summed E-state index contributed by atoms with van der Waals surface area (Å²) in [4.78, 5) is 0. The second-order valence-electron chi connectivity index (χ2n) is 3.53. The molecular formula is C13H13. The maximum Gasteiger partial charge on any atom is 0.00986 e. The van der Waals surface area contributed by atoms with Gasteiger partial charge in [-0.15, -0.1) is 0 Å². The van der Waals surface area contributed by atoms with Crippen molar-refractivity contribution in [2.24, 2.45) is 0 Å². The molecule has 0 spiro atoms. The van der Waals surface area contributed by atoms with Crippen molar-refractivity contribution in [2.45, 2.75) is 12.8 Å².